The molecule has 0 spiro atoms. The third-order valence-corrected chi connectivity index (χ3v) is 4.49. The van der Waals surface area contributed by atoms with Gasteiger partial charge in [-0.15, -0.1) is 5.10 Å². The molecule has 0 radical (unpaired) electrons. The highest BCUT2D eigenvalue weighted by molar-refractivity contribution is 5.94. The Hall–Kier alpha value is -2.44. The molecule has 22 heavy (non-hydrogen) atoms. The van der Waals surface area contributed by atoms with Gasteiger partial charge in [0.05, 0.1) is 5.69 Å². The van der Waals surface area contributed by atoms with Crippen LogP contribution in [0.5, 0.6) is 0 Å². The molecular weight excluding hydrogens is 280 g/mol. The number of aromatic amines is 1. The number of amides is 1. The molecule has 114 valence electrons. The zero-order valence-electron chi connectivity index (χ0n) is 12.5. The molecule has 0 unspecified atom stereocenters. The smallest absolute Gasteiger partial charge is 0.274 e. The van der Waals surface area contributed by atoms with Gasteiger partial charge in [0, 0.05) is 37.8 Å². The Morgan fingerprint density at radius 3 is 3.09 bits per heavy atom. The van der Waals surface area contributed by atoms with Crippen LogP contribution in [-0.2, 0) is 25.8 Å². The molecule has 0 atom stereocenters. The van der Waals surface area contributed by atoms with Crippen LogP contribution in [-0.4, -0.2) is 44.8 Å². The Balaban J connectivity index is 1.60. The van der Waals surface area contributed by atoms with Crippen molar-refractivity contribution in [2.45, 2.75) is 32.2 Å². The monoisotopic (exact) mass is 298 g/mol. The van der Waals surface area contributed by atoms with Crippen molar-refractivity contribution in [3.8, 4) is 0 Å². The van der Waals surface area contributed by atoms with Gasteiger partial charge in [-0.1, -0.05) is 0 Å². The van der Waals surface area contributed by atoms with Gasteiger partial charge in [-0.3, -0.25) is 9.89 Å². The number of carbonyl (C=O) groups is 1. The molecule has 2 aromatic rings. The fraction of sp³-hybridized carbons (Fsp3) is 0.467. The van der Waals surface area contributed by atoms with E-state index in [0.717, 1.165) is 54.0 Å². The summed E-state index contributed by atoms with van der Waals surface area (Å²) in [5, 5.41) is 18.6. The standard InChI is InChI=1S/C15H18N6O/c1-16-13-7-9-8-21(6-5-11(9)17-19-13)15(22)14-10-3-2-4-12(10)18-20-14/h7H,2-6,8H2,1H3,(H,16,19)(H,18,20). The fourth-order valence-electron chi connectivity index (χ4n) is 3.27. The maximum Gasteiger partial charge on any atom is 0.274 e. The summed E-state index contributed by atoms with van der Waals surface area (Å²) >= 11 is 0. The second-order valence-corrected chi connectivity index (χ2v) is 5.81. The van der Waals surface area contributed by atoms with Crippen LogP contribution in [0.3, 0.4) is 0 Å². The molecule has 0 bridgehead atoms. The Kier molecular flexibility index (Phi) is 3.06. The molecular formula is C15H18N6O. The summed E-state index contributed by atoms with van der Waals surface area (Å²) in [7, 11) is 1.81. The normalized spacial score (nSPS) is 16.3. The number of hydrogen-bond donors (Lipinski definition) is 2. The van der Waals surface area contributed by atoms with Crippen LogP contribution in [0.2, 0.25) is 0 Å². The minimum Gasteiger partial charge on any atom is -0.372 e. The highest BCUT2D eigenvalue weighted by Crippen LogP contribution is 2.26. The molecule has 7 heteroatoms. The van der Waals surface area contributed by atoms with E-state index >= 15 is 0 Å². The van der Waals surface area contributed by atoms with Crippen LogP contribution < -0.4 is 5.32 Å². The summed E-state index contributed by atoms with van der Waals surface area (Å²) in [5.74, 6) is 0.751. The average Bonchev–Trinajstić information content (AvgIpc) is 3.16. The van der Waals surface area contributed by atoms with Crippen LogP contribution in [0.15, 0.2) is 6.07 Å². The highest BCUT2D eigenvalue weighted by atomic mass is 16.2. The molecule has 0 fully saturated rings. The molecule has 0 aromatic carbocycles. The number of hydrogen-bond acceptors (Lipinski definition) is 5. The summed E-state index contributed by atoms with van der Waals surface area (Å²) in [6.45, 7) is 1.24. The molecule has 4 rings (SSSR count). The molecule has 2 aromatic heterocycles. The van der Waals surface area contributed by atoms with E-state index in [0.29, 0.717) is 18.8 Å². The zero-order valence-corrected chi connectivity index (χ0v) is 12.5. The van der Waals surface area contributed by atoms with E-state index in [1.54, 1.807) is 0 Å². The van der Waals surface area contributed by atoms with Crippen molar-refractivity contribution in [1.82, 2.24) is 25.3 Å². The number of aromatic nitrogens is 4. The Labute approximate surface area is 128 Å². The predicted molar refractivity (Wildman–Crippen MR) is 80.6 cm³/mol. The van der Waals surface area contributed by atoms with Crippen LogP contribution >= 0.6 is 0 Å². The zero-order chi connectivity index (χ0) is 15.1. The predicted octanol–water partition coefficient (Wildman–Crippen LogP) is 0.929. The first-order valence-electron chi connectivity index (χ1n) is 7.65. The van der Waals surface area contributed by atoms with E-state index < -0.39 is 0 Å². The van der Waals surface area contributed by atoms with Gasteiger partial charge in [-0.05, 0) is 30.9 Å². The molecule has 7 nitrogen and oxygen atoms in total. The van der Waals surface area contributed by atoms with E-state index in [-0.39, 0.29) is 5.91 Å². The van der Waals surface area contributed by atoms with Crippen molar-refractivity contribution in [1.29, 1.82) is 0 Å². The van der Waals surface area contributed by atoms with Crippen LogP contribution in [0.25, 0.3) is 0 Å². The van der Waals surface area contributed by atoms with Crippen molar-refractivity contribution in [2.75, 3.05) is 18.9 Å². The van der Waals surface area contributed by atoms with Gasteiger partial charge in [-0.2, -0.15) is 10.2 Å². The van der Waals surface area contributed by atoms with Gasteiger partial charge in [0.25, 0.3) is 5.91 Å². The Morgan fingerprint density at radius 2 is 2.23 bits per heavy atom. The average molecular weight is 298 g/mol. The van der Waals surface area contributed by atoms with Crippen LogP contribution in [0, 0.1) is 0 Å². The lowest BCUT2D eigenvalue weighted by Gasteiger charge is -2.27. The van der Waals surface area contributed by atoms with Crippen molar-refractivity contribution < 1.29 is 4.79 Å². The second-order valence-electron chi connectivity index (χ2n) is 5.81. The van der Waals surface area contributed by atoms with E-state index in [1.807, 2.05) is 18.0 Å². The number of nitrogens with one attached hydrogen (secondary N) is 2. The summed E-state index contributed by atoms with van der Waals surface area (Å²) in [6.07, 6.45) is 3.80. The molecule has 2 aliphatic rings. The minimum atomic E-state index is 0.0212. The summed E-state index contributed by atoms with van der Waals surface area (Å²) < 4.78 is 0. The van der Waals surface area contributed by atoms with Gasteiger partial charge < -0.3 is 10.2 Å². The third kappa shape index (κ3) is 2.04. The lowest BCUT2D eigenvalue weighted by molar-refractivity contribution is 0.0726. The van der Waals surface area contributed by atoms with Crippen molar-refractivity contribution in [3.63, 3.8) is 0 Å². The largest absolute Gasteiger partial charge is 0.372 e. The van der Waals surface area contributed by atoms with Gasteiger partial charge in [-0.25, -0.2) is 0 Å². The van der Waals surface area contributed by atoms with E-state index in [9.17, 15) is 4.79 Å². The lowest BCUT2D eigenvalue weighted by atomic mass is 10.1. The van der Waals surface area contributed by atoms with E-state index in [4.69, 9.17) is 0 Å². The lowest BCUT2D eigenvalue weighted by Crippen LogP contribution is -2.37. The quantitative estimate of drug-likeness (QED) is 0.861. The summed E-state index contributed by atoms with van der Waals surface area (Å²) in [6, 6.07) is 1.97. The van der Waals surface area contributed by atoms with E-state index in [1.165, 1.54) is 0 Å². The molecule has 1 aliphatic heterocycles. The molecule has 1 amide bonds. The molecule has 2 N–H and O–H groups in total. The summed E-state index contributed by atoms with van der Waals surface area (Å²) in [5.41, 5.74) is 4.89. The maximum atomic E-state index is 12.8. The first-order valence-corrected chi connectivity index (χ1v) is 7.65. The number of rotatable bonds is 2. The minimum absolute atomic E-state index is 0.0212. The second kappa shape index (κ2) is 5.08. The van der Waals surface area contributed by atoms with Crippen molar-refractivity contribution in [2.24, 2.45) is 0 Å². The number of carbonyl (C=O) groups excluding carboxylic acids is 1. The number of aryl methyl sites for hydroxylation is 1. The number of fused-ring (bicyclic) bond motifs is 2. The van der Waals surface area contributed by atoms with Gasteiger partial charge in [0.1, 0.15) is 5.82 Å². The Morgan fingerprint density at radius 1 is 1.32 bits per heavy atom. The third-order valence-electron chi connectivity index (χ3n) is 4.49. The van der Waals surface area contributed by atoms with Crippen molar-refractivity contribution >= 4 is 11.7 Å². The maximum absolute atomic E-state index is 12.8. The number of H-pyrrole nitrogens is 1. The van der Waals surface area contributed by atoms with Crippen LogP contribution in [0.1, 0.15) is 39.4 Å². The number of nitrogens with zero attached hydrogens (tertiary/aromatic N) is 4. The first kappa shape index (κ1) is 13.2. The molecule has 0 saturated carbocycles. The van der Waals surface area contributed by atoms with Gasteiger partial charge >= 0.3 is 0 Å². The fourth-order valence-corrected chi connectivity index (χ4v) is 3.27. The topological polar surface area (TPSA) is 86.8 Å². The Bertz CT molecular complexity index is 738. The number of anilines is 1. The summed E-state index contributed by atoms with van der Waals surface area (Å²) in [4.78, 5) is 14.6. The van der Waals surface area contributed by atoms with Crippen LogP contribution in [0.4, 0.5) is 5.82 Å². The molecule has 3 heterocycles. The molecule has 0 saturated heterocycles. The van der Waals surface area contributed by atoms with E-state index in [2.05, 4.69) is 25.7 Å². The highest BCUT2D eigenvalue weighted by Gasteiger charge is 2.29. The SMILES string of the molecule is CNc1cc2c(nn1)CCN(C(=O)c1n[nH]c3c1CCC3)C2. The van der Waals surface area contributed by atoms with Gasteiger partial charge in [0.2, 0.25) is 0 Å². The van der Waals surface area contributed by atoms with Gasteiger partial charge in [0.15, 0.2) is 5.69 Å². The first-order chi connectivity index (χ1) is 10.8. The molecule has 1 aliphatic carbocycles. The van der Waals surface area contributed by atoms with Crippen molar-refractivity contribution in [3.05, 3.63) is 34.3 Å².